The molecular formula is C27H22F3N3O3S2. The monoisotopic (exact) mass is 557 g/mol. The van der Waals surface area contributed by atoms with Crippen molar-refractivity contribution in [3.8, 4) is 16.9 Å². The standard InChI is InChI=1S/C27H22F3N3O3S2/c1-13-11-31-25(38-13)24(32-35)20-12-37-27-16(10-17-18(28)7-5-8-19(17)29)14(2)22(26(34)33(20)27)15-6-4-9-21(36-3)23(15)30/h4-9,11,20,24H,10,12H2,1-3H3. The number of pyridine rings is 1. The van der Waals surface area contributed by atoms with E-state index in [2.05, 4.69) is 10.2 Å². The summed E-state index contributed by atoms with van der Waals surface area (Å²) in [4.78, 5) is 31.3. The second kappa shape index (κ2) is 10.4. The van der Waals surface area contributed by atoms with Crippen LogP contribution in [-0.4, -0.2) is 22.4 Å². The van der Waals surface area contributed by atoms with E-state index in [1.807, 2.05) is 6.92 Å². The van der Waals surface area contributed by atoms with Gasteiger partial charge in [-0.1, -0.05) is 23.4 Å². The molecule has 6 nitrogen and oxygen atoms in total. The third-order valence-electron chi connectivity index (χ3n) is 6.70. The molecule has 5 rings (SSSR count). The molecule has 2 aromatic heterocycles. The Morgan fingerprint density at radius 1 is 1.13 bits per heavy atom. The second-order valence-corrected chi connectivity index (χ2v) is 11.2. The Morgan fingerprint density at radius 2 is 1.84 bits per heavy atom. The molecule has 0 radical (unpaired) electrons. The van der Waals surface area contributed by atoms with E-state index in [1.54, 1.807) is 19.2 Å². The van der Waals surface area contributed by atoms with E-state index >= 15 is 4.39 Å². The molecule has 0 aliphatic carbocycles. The average molecular weight is 558 g/mol. The summed E-state index contributed by atoms with van der Waals surface area (Å²) < 4.78 is 51.4. The minimum atomic E-state index is -0.969. The molecule has 11 heteroatoms. The zero-order valence-corrected chi connectivity index (χ0v) is 22.3. The van der Waals surface area contributed by atoms with Crippen LogP contribution >= 0.6 is 23.1 Å². The van der Waals surface area contributed by atoms with Crippen LogP contribution in [0.2, 0.25) is 0 Å². The summed E-state index contributed by atoms with van der Waals surface area (Å²) in [5, 5.41) is 4.24. The zero-order chi connectivity index (χ0) is 27.1. The van der Waals surface area contributed by atoms with Crippen LogP contribution in [0, 0.1) is 36.2 Å². The number of aryl methyl sites for hydroxylation is 1. The highest BCUT2D eigenvalue weighted by atomic mass is 32.2. The van der Waals surface area contributed by atoms with Crippen molar-refractivity contribution in [1.29, 1.82) is 0 Å². The van der Waals surface area contributed by atoms with Crippen LogP contribution in [0.3, 0.4) is 0 Å². The summed E-state index contributed by atoms with van der Waals surface area (Å²) in [7, 11) is 1.32. The number of thiazole rings is 1. The molecule has 196 valence electrons. The zero-order valence-electron chi connectivity index (χ0n) is 20.6. The molecule has 0 saturated heterocycles. The van der Waals surface area contributed by atoms with Gasteiger partial charge in [0.25, 0.3) is 5.56 Å². The molecule has 4 aromatic rings. The topological polar surface area (TPSA) is 73.6 Å². The number of methoxy groups -OCH3 is 1. The number of nitrogens with zero attached hydrogens (tertiary/aromatic N) is 3. The maximum absolute atomic E-state index is 15.5. The number of halogens is 3. The first-order valence-corrected chi connectivity index (χ1v) is 13.5. The van der Waals surface area contributed by atoms with Crippen LogP contribution in [0.4, 0.5) is 13.2 Å². The highest BCUT2D eigenvalue weighted by Crippen LogP contribution is 2.46. The lowest BCUT2D eigenvalue weighted by Crippen LogP contribution is -2.30. The summed E-state index contributed by atoms with van der Waals surface area (Å²) in [6.07, 6.45) is 1.45. The number of fused-ring (bicyclic) bond motifs is 1. The number of rotatable bonds is 7. The van der Waals surface area contributed by atoms with Gasteiger partial charge < -0.3 is 4.74 Å². The van der Waals surface area contributed by atoms with Crippen LogP contribution in [0.25, 0.3) is 11.1 Å². The van der Waals surface area contributed by atoms with Crippen LogP contribution < -0.4 is 10.3 Å². The molecule has 0 amide bonds. The van der Waals surface area contributed by atoms with E-state index in [4.69, 9.17) is 4.74 Å². The quantitative estimate of drug-likeness (QED) is 0.235. The SMILES string of the molecule is COc1cccc(-c2c(C)c(Cc3c(F)cccc3F)c3n(c2=O)C(C(N=O)c2ncc(C)s2)CS3)c1F. The van der Waals surface area contributed by atoms with Gasteiger partial charge in [-0.2, -0.15) is 0 Å². The molecule has 1 aliphatic heterocycles. The maximum Gasteiger partial charge on any atom is 0.260 e. The van der Waals surface area contributed by atoms with E-state index in [-0.39, 0.29) is 28.9 Å². The van der Waals surface area contributed by atoms with E-state index in [0.29, 0.717) is 26.9 Å². The Hall–Kier alpha value is -3.44. The van der Waals surface area contributed by atoms with E-state index in [9.17, 15) is 18.5 Å². The van der Waals surface area contributed by atoms with Gasteiger partial charge >= 0.3 is 0 Å². The third kappa shape index (κ3) is 4.33. The molecule has 2 atom stereocenters. The molecule has 0 N–H and O–H groups in total. The van der Waals surface area contributed by atoms with Crippen molar-refractivity contribution in [2.75, 3.05) is 12.9 Å². The van der Waals surface area contributed by atoms with Crippen molar-refractivity contribution < 1.29 is 17.9 Å². The number of benzene rings is 2. The second-order valence-electron chi connectivity index (χ2n) is 8.90. The highest BCUT2D eigenvalue weighted by molar-refractivity contribution is 7.99. The van der Waals surface area contributed by atoms with Gasteiger partial charge in [0.15, 0.2) is 17.6 Å². The predicted octanol–water partition coefficient (Wildman–Crippen LogP) is 6.76. The lowest BCUT2D eigenvalue weighted by molar-refractivity contribution is 0.387. The van der Waals surface area contributed by atoms with Crippen molar-refractivity contribution in [3.63, 3.8) is 0 Å². The van der Waals surface area contributed by atoms with Gasteiger partial charge in [0, 0.05) is 34.4 Å². The van der Waals surface area contributed by atoms with Gasteiger partial charge in [0.1, 0.15) is 16.6 Å². The summed E-state index contributed by atoms with van der Waals surface area (Å²) >= 11 is 2.60. The molecule has 2 aromatic carbocycles. The van der Waals surface area contributed by atoms with Gasteiger partial charge in [-0.25, -0.2) is 18.2 Å². The number of aromatic nitrogens is 2. The van der Waals surface area contributed by atoms with Crippen LogP contribution in [0.5, 0.6) is 5.75 Å². The Balaban J connectivity index is 1.79. The largest absolute Gasteiger partial charge is 0.494 e. The first-order valence-electron chi connectivity index (χ1n) is 11.7. The van der Waals surface area contributed by atoms with Crippen LogP contribution in [0.1, 0.15) is 38.7 Å². The number of ether oxygens (including phenoxy) is 1. The summed E-state index contributed by atoms with van der Waals surface area (Å²) in [6.45, 7) is 3.48. The molecule has 0 bridgehead atoms. The Morgan fingerprint density at radius 3 is 2.47 bits per heavy atom. The van der Waals surface area contributed by atoms with Crippen molar-refractivity contribution in [3.05, 3.63) is 102 Å². The van der Waals surface area contributed by atoms with Crippen molar-refractivity contribution in [2.45, 2.75) is 37.4 Å². The van der Waals surface area contributed by atoms with E-state index in [0.717, 1.165) is 4.88 Å². The average Bonchev–Trinajstić information content (AvgIpc) is 3.52. The van der Waals surface area contributed by atoms with E-state index < -0.39 is 35.1 Å². The molecule has 1 aliphatic rings. The van der Waals surface area contributed by atoms with Crippen molar-refractivity contribution >= 4 is 23.1 Å². The molecule has 0 saturated carbocycles. The minimum Gasteiger partial charge on any atom is -0.494 e. The molecule has 0 fully saturated rings. The number of nitroso groups, excluding NO2 is 1. The molecule has 0 spiro atoms. The fourth-order valence-electron chi connectivity index (χ4n) is 4.81. The number of hydrogen-bond donors (Lipinski definition) is 0. The van der Waals surface area contributed by atoms with Crippen LogP contribution in [0.15, 0.2) is 57.6 Å². The van der Waals surface area contributed by atoms with Gasteiger partial charge in [0.05, 0.1) is 23.7 Å². The molecule has 38 heavy (non-hydrogen) atoms. The lowest BCUT2D eigenvalue weighted by atomic mass is 9.93. The van der Waals surface area contributed by atoms with Gasteiger partial charge in [-0.05, 0) is 43.2 Å². The number of hydrogen-bond acceptors (Lipinski definition) is 7. The molecular weight excluding hydrogens is 535 g/mol. The third-order valence-corrected chi connectivity index (χ3v) is 8.91. The first-order chi connectivity index (χ1) is 18.3. The summed E-state index contributed by atoms with van der Waals surface area (Å²) in [5.74, 6) is -1.94. The Bertz CT molecular complexity index is 1600. The highest BCUT2D eigenvalue weighted by Gasteiger charge is 2.38. The minimum absolute atomic E-state index is 0.00578. The summed E-state index contributed by atoms with van der Waals surface area (Å²) in [6, 6.07) is 6.37. The van der Waals surface area contributed by atoms with E-state index in [1.165, 1.54) is 65.1 Å². The normalized spacial score (nSPS) is 15.4. The predicted molar refractivity (Wildman–Crippen MR) is 142 cm³/mol. The molecule has 2 unspecified atom stereocenters. The summed E-state index contributed by atoms with van der Waals surface area (Å²) in [5.41, 5.74) is 0.194. The van der Waals surface area contributed by atoms with Crippen LogP contribution in [-0.2, 0) is 6.42 Å². The van der Waals surface area contributed by atoms with Crippen molar-refractivity contribution in [1.82, 2.24) is 9.55 Å². The van der Waals surface area contributed by atoms with Gasteiger partial charge in [-0.3, -0.25) is 9.36 Å². The fraction of sp³-hybridized carbons (Fsp3) is 0.259. The Labute approximate surface area is 224 Å². The van der Waals surface area contributed by atoms with Crippen molar-refractivity contribution in [2.24, 2.45) is 5.18 Å². The number of thioether (sulfide) groups is 1. The lowest BCUT2D eigenvalue weighted by Gasteiger charge is -2.22. The fourth-order valence-corrected chi connectivity index (χ4v) is 7.09. The Kier molecular flexibility index (Phi) is 7.15. The van der Waals surface area contributed by atoms with Gasteiger partial charge in [-0.15, -0.1) is 28.0 Å². The first kappa shape index (κ1) is 26.2. The smallest absolute Gasteiger partial charge is 0.260 e. The molecule has 3 heterocycles. The maximum atomic E-state index is 15.5. The van der Waals surface area contributed by atoms with Gasteiger partial charge in [0.2, 0.25) is 0 Å².